The van der Waals surface area contributed by atoms with Crippen LogP contribution in [-0.4, -0.2) is 65.6 Å². The fourth-order valence-electron chi connectivity index (χ4n) is 5.79. The van der Waals surface area contributed by atoms with Crippen molar-refractivity contribution in [1.29, 1.82) is 5.41 Å². The van der Waals surface area contributed by atoms with Crippen LogP contribution in [0.15, 0.2) is 22.9 Å². The predicted molar refractivity (Wildman–Crippen MR) is 147 cm³/mol. The van der Waals surface area contributed by atoms with Crippen molar-refractivity contribution in [2.24, 2.45) is 0 Å². The van der Waals surface area contributed by atoms with E-state index in [9.17, 15) is 4.79 Å². The Balaban J connectivity index is 1.43. The van der Waals surface area contributed by atoms with Crippen molar-refractivity contribution in [3.8, 4) is 17.5 Å². The number of aromatic nitrogens is 3. The molecule has 2 aliphatic carbocycles. The number of hydrogen-bond acceptors (Lipinski definition) is 10. The summed E-state index contributed by atoms with van der Waals surface area (Å²) in [5, 5.41) is 19.5. The molecule has 0 bridgehead atoms. The number of fused-ring (bicyclic) bond motifs is 2. The second-order valence-electron chi connectivity index (χ2n) is 11.0. The lowest BCUT2D eigenvalue weighted by molar-refractivity contribution is -0.127. The molecule has 2 fully saturated rings. The molecule has 2 aromatic heterocycles. The van der Waals surface area contributed by atoms with Gasteiger partial charge in [0, 0.05) is 18.1 Å². The van der Waals surface area contributed by atoms with Gasteiger partial charge in [0.1, 0.15) is 11.5 Å². The average molecular weight is 537 g/mol. The maximum atomic E-state index is 13.1. The second-order valence-corrected chi connectivity index (χ2v) is 11.0. The zero-order valence-corrected chi connectivity index (χ0v) is 23.1. The maximum absolute atomic E-state index is 13.1. The molecule has 1 saturated carbocycles. The predicted octanol–water partition coefficient (Wildman–Crippen LogP) is 3.88. The van der Waals surface area contributed by atoms with Crippen molar-refractivity contribution < 1.29 is 18.8 Å². The van der Waals surface area contributed by atoms with E-state index in [0.29, 0.717) is 42.8 Å². The molecule has 210 valence electrons. The molecule has 1 saturated heterocycles. The Bertz CT molecular complexity index is 1210. The first-order valence-electron chi connectivity index (χ1n) is 14.3. The highest BCUT2D eigenvalue weighted by atomic mass is 16.5. The number of Topliss-reactive ketones (excluding diaryl/α,β-unsaturated/α-hetero) is 1. The van der Waals surface area contributed by atoms with Crippen LogP contribution < -0.4 is 15.4 Å². The molecule has 3 heterocycles. The quantitative estimate of drug-likeness (QED) is 0.273. The van der Waals surface area contributed by atoms with Gasteiger partial charge in [0.25, 0.3) is 0 Å². The van der Waals surface area contributed by atoms with Gasteiger partial charge in [-0.25, -0.2) is 4.98 Å². The van der Waals surface area contributed by atoms with Crippen molar-refractivity contribution in [3.63, 3.8) is 0 Å². The van der Waals surface area contributed by atoms with Crippen LogP contribution in [0.5, 0.6) is 5.88 Å². The molecule has 1 aliphatic heterocycles. The van der Waals surface area contributed by atoms with Crippen LogP contribution in [0, 0.1) is 5.41 Å². The van der Waals surface area contributed by atoms with Crippen molar-refractivity contribution >= 4 is 11.5 Å². The van der Waals surface area contributed by atoms with Crippen LogP contribution in [0.4, 0.5) is 0 Å². The largest absolute Gasteiger partial charge is 0.475 e. The summed E-state index contributed by atoms with van der Waals surface area (Å²) < 4.78 is 17.3. The lowest BCUT2D eigenvalue weighted by atomic mass is 9.64. The topological polar surface area (TPSA) is 135 Å². The summed E-state index contributed by atoms with van der Waals surface area (Å²) in [7, 11) is 1.96. The first-order valence-corrected chi connectivity index (χ1v) is 14.3. The van der Waals surface area contributed by atoms with Crippen LogP contribution in [0.2, 0.25) is 0 Å². The Kier molecular flexibility index (Phi) is 8.72. The van der Waals surface area contributed by atoms with E-state index in [-0.39, 0.29) is 23.6 Å². The van der Waals surface area contributed by atoms with Gasteiger partial charge in [-0.2, -0.15) is 4.98 Å². The van der Waals surface area contributed by atoms with Gasteiger partial charge in [-0.15, -0.1) is 0 Å². The lowest BCUT2D eigenvalue weighted by Gasteiger charge is -2.37. The molecule has 3 N–H and O–H groups in total. The van der Waals surface area contributed by atoms with Crippen molar-refractivity contribution in [2.75, 3.05) is 26.8 Å². The van der Waals surface area contributed by atoms with Crippen molar-refractivity contribution in [3.05, 3.63) is 35.3 Å². The molecule has 0 amide bonds. The molecule has 2 atom stereocenters. The monoisotopic (exact) mass is 536 g/mol. The van der Waals surface area contributed by atoms with Gasteiger partial charge in [0.05, 0.1) is 42.2 Å². The molecule has 0 aromatic carbocycles. The second kappa shape index (κ2) is 12.4. The average Bonchev–Trinajstić information content (AvgIpc) is 3.35. The number of carbonyl (C=O) groups excluding carboxylic acids is 1. The van der Waals surface area contributed by atoms with E-state index in [0.717, 1.165) is 75.6 Å². The van der Waals surface area contributed by atoms with E-state index in [2.05, 4.69) is 15.8 Å². The van der Waals surface area contributed by atoms with Crippen LogP contribution in [0.3, 0.4) is 0 Å². The third-order valence-electron chi connectivity index (χ3n) is 8.07. The highest BCUT2D eigenvalue weighted by molar-refractivity contribution is 6.05. The molecule has 2 aromatic rings. The third-order valence-corrected chi connectivity index (χ3v) is 8.07. The number of rotatable bonds is 12. The zero-order valence-electron chi connectivity index (χ0n) is 23.1. The highest BCUT2D eigenvalue weighted by Gasteiger charge is 2.47. The van der Waals surface area contributed by atoms with E-state index in [1.807, 2.05) is 14.0 Å². The molecule has 10 heteroatoms. The standard InChI is InChI=1S/C29H40N6O4/c1-19(8-4-6-14-31-2)38-25-16-23(22(30)11-15-32-20-17-37-18-20)33-28(34-25)26-21-9-7-13-29(27(21)35-39-26)12-5-3-10-24(29)36/h11,15-16,19-20,30-32H,3-10,12-14,17-18H2,1-2H3/b15-11-,30-22?/t19-,29+/m0/s1. The number of carbonyl (C=O) groups is 1. The van der Waals surface area contributed by atoms with Crippen molar-refractivity contribution in [2.45, 2.75) is 88.7 Å². The Hall–Kier alpha value is -3.11. The minimum atomic E-state index is -0.543. The number of unbranched alkanes of at least 4 members (excludes halogenated alkanes) is 1. The first kappa shape index (κ1) is 27.5. The maximum Gasteiger partial charge on any atom is 0.217 e. The summed E-state index contributed by atoms with van der Waals surface area (Å²) in [6, 6.07) is 1.98. The molecule has 0 unspecified atom stereocenters. The van der Waals surface area contributed by atoms with Crippen LogP contribution in [0.25, 0.3) is 11.6 Å². The SMILES string of the molecule is CNCCCC[C@H](C)Oc1cc(C(=N)/C=C\NC2COC2)nc(-c2onc3c2CCC[C@@]32CCCCC2=O)n1. The van der Waals surface area contributed by atoms with Gasteiger partial charge >= 0.3 is 0 Å². The Morgan fingerprint density at radius 3 is 2.85 bits per heavy atom. The Morgan fingerprint density at radius 2 is 2.08 bits per heavy atom. The molecular weight excluding hydrogens is 496 g/mol. The minimum Gasteiger partial charge on any atom is -0.475 e. The summed E-state index contributed by atoms with van der Waals surface area (Å²) in [5.74, 6) is 1.51. The fraction of sp³-hybridized carbons (Fsp3) is 0.621. The highest BCUT2D eigenvalue weighted by Crippen LogP contribution is 2.47. The first-order chi connectivity index (χ1) is 19.0. The van der Waals surface area contributed by atoms with Gasteiger partial charge in [-0.3, -0.25) is 10.2 Å². The summed E-state index contributed by atoms with van der Waals surface area (Å²) >= 11 is 0. The van der Waals surface area contributed by atoms with Gasteiger partial charge < -0.3 is 24.6 Å². The van der Waals surface area contributed by atoms with Gasteiger partial charge in [0.2, 0.25) is 17.5 Å². The number of hydrogen-bond donors (Lipinski definition) is 3. The number of ketones is 1. The lowest BCUT2D eigenvalue weighted by Crippen LogP contribution is -2.43. The molecule has 39 heavy (non-hydrogen) atoms. The Morgan fingerprint density at radius 1 is 1.23 bits per heavy atom. The van der Waals surface area contributed by atoms with Gasteiger partial charge in [-0.05, 0) is 84.2 Å². The summed E-state index contributed by atoms with van der Waals surface area (Å²) in [6.45, 7) is 4.34. The molecule has 5 rings (SSSR count). The molecule has 10 nitrogen and oxygen atoms in total. The zero-order chi connectivity index (χ0) is 27.2. The molecule has 3 aliphatic rings. The molecular formula is C29H40N6O4. The fourth-order valence-corrected chi connectivity index (χ4v) is 5.79. The van der Waals surface area contributed by atoms with E-state index in [1.165, 1.54) is 0 Å². The minimum absolute atomic E-state index is 0.0470. The molecule has 1 spiro atoms. The third kappa shape index (κ3) is 6.06. The van der Waals surface area contributed by atoms with E-state index in [1.54, 1.807) is 18.3 Å². The number of nitrogens with one attached hydrogen (secondary N) is 3. The van der Waals surface area contributed by atoms with Crippen molar-refractivity contribution in [1.82, 2.24) is 25.8 Å². The Labute approximate surface area is 229 Å². The normalized spacial score (nSPS) is 22.1. The van der Waals surface area contributed by atoms with Crippen LogP contribution >= 0.6 is 0 Å². The van der Waals surface area contributed by atoms with E-state index < -0.39 is 5.41 Å². The summed E-state index contributed by atoms with van der Waals surface area (Å²) in [5.41, 5.74) is 1.81. The number of ether oxygens (including phenoxy) is 2. The number of nitrogens with zero attached hydrogens (tertiary/aromatic N) is 3. The van der Waals surface area contributed by atoms with Gasteiger partial charge in [-0.1, -0.05) is 11.6 Å². The van der Waals surface area contributed by atoms with Gasteiger partial charge in [0.15, 0.2) is 0 Å². The summed E-state index contributed by atoms with van der Waals surface area (Å²) in [6.07, 6.45) is 12.3. The summed E-state index contributed by atoms with van der Waals surface area (Å²) in [4.78, 5) is 22.5. The smallest absolute Gasteiger partial charge is 0.217 e. The van der Waals surface area contributed by atoms with E-state index in [4.69, 9.17) is 29.4 Å². The molecule has 0 radical (unpaired) electrons. The van der Waals surface area contributed by atoms with E-state index >= 15 is 0 Å². The van der Waals surface area contributed by atoms with Crippen LogP contribution in [-0.2, 0) is 21.4 Å². The van der Waals surface area contributed by atoms with Crippen LogP contribution in [0.1, 0.15) is 81.7 Å². The number of allylic oxidation sites excluding steroid dienone is 1.